The van der Waals surface area contributed by atoms with Crippen LogP contribution in [0.3, 0.4) is 0 Å². The Morgan fingerprint density at radius 1 is 0.417 bits per heavy atom. The van der Waals surface area contributed by atoms with Crippen LogP contribution in [0, 0.1) is 0 Å². The van der Waals surface area contributed by atoms with Gasteiger partial charge in [-0.15, -0.1) is 11.3 Å². The molecule has 11 rings (SSSR count). The molecule has 0 bridgehead atoms. The molecular formula is C46H27NS. The smallest absolute Gasteiger partial charge is 0.0630 e. The van der Waals surface area contributed by atoms with Gasteiger partial charge < -0.3 is 4.57 Å². The van der Waals surface area contributed by atoms with Crippen LogP contribution < -0.4 is 0 Å². The molecule has 1 nitrogen and oxygen atoms in total. The summed E-state index contributed by atoms with van der Waals surface area (Å²) >= 11 is 1.77. The largest absolute Gasteiger partial charge is 0.309 e. The standard InChI is InChI=1S/C46H27NS/c1-2-9-28(10-3-1)33-21-17-29-20-24-38-34(22-18-30-19-23-37(33)45(29)46(30)38)31-11-8-12-32(25-31)47-41-15-6-4-13-35(41)39-27-44-40(26-42(39)47)36-14-5-7-16-43(36)48-44/h1-27H/i17D,18D,19D,20D,21D,22D,23D,24D. The number of nitrogens with zero attached hydrogens (tertiary/aromatic N) is 1. The Balaban J connectivity index is 1.26. The Bertz CT molecular complexity index is 3510. The third-order valence-corrected chi connectivity index (χ3v) is 10.8. The van der Waals surface area contributed by atoms with Crippen molar-refractivity contribution in [1.82, 2.24) is 4.57 Å². The fourth-order valence-corrected chi connectivity index (χ4v) is 8.62. The second-order valence-corrected chi connectivity index (χ2v) is 13.3. The molecule has 0 N–H and O–H groups in total. The minimum atomic E-state index is -0.289. The van der Waals surface area contributed by atoms with Gasteiger partial charge in [0.1, 0.15) is 0 Å². The molecule has 0 fully saturated rings. The van der Waals surface area contributed by atoms with Crippen molar-refractivity contribution < 1.29 is 11.0 Å². The average Bonchev–Trinajstić information content (AvgIpc) is 3.74. The van der Waals surface area contributed by atoms with Crippen molar-refractivity contribution in [1.29, 1.82) is 0 Å². The maximum Gasteiger partial charge on any atom is 0.0630 e. The number of thiophene rings is 1. The Labute approximate surface area is 292 Å². The van der Waals surface area contributed by atoms with E-state index >= 15 is 0 Å². The summed E-state index contributed by atoms with van der Waals surface area (Å²) in [4.78, 5) is 0. The van der Waals surface area contributed by atoms with Gasteiger partial charge in [-0.05, 0) is 91.0 Å². The fraction of sp³-hybridized carbons (Fsp3) is 0. The molecule has 0 aliphatic rings. The lowest BCUT2D eigenvalue weighted by atomic mass is 9.87. The summed E-state index contributed by atoms with van der Waals surface area (Å²) in [7, 11) is 0. The van der Waals surface area contributed by atoms with Gasteiger partial charge in [-0.25, -0.2) is 0 Å². The Morgan fingerprint density at radius 2 is 1.06 bits per heavy atom. The molecule has 0 saturated carbocycles. The molecular weight excluding hydrogens is 599 g/mol. The highest BCUT2D eigenvalue weighted by Gasteiger charge is 2.18. The van der Waals surface area contributed by atoms with Gasteiger partial charge >= 0.3 is 0 Å². The van der Waals surface area contributed by atoms with E-state index in [0.717, 1.165) is 27.5 Å². The van der Waals surface area contributed by atoms with E-state index in [4.69, 9.17) is 2.74 Å². The van der Waals surface area contributed by atoms with Crippen molar-refractivity contribution in [3.05, 3.63) is 164 Å². The first-order valence-electron chi connectivity index (χ1n) is 19.9. The van der Waals surface area contributed by atoms with Crippen LogP contribution >= 0.6 is 11.3 Å². The fourth-order valence-electron chi connectivity index (χ4n) is 7.49. The van der Waals surface area contributed by atoms with Crippen LogP contribution in [-0.4, -0.2) is 4.57 Å². The maximum absolute atomic E-state index is 9.45. The van der Waals surface area contributed by atoms with Gasteiger partial charge in [0.25, 0.3) is 0 Å². The highest BCUT2D eigenvalue weighted by Crippen LogP contribution is 2.44. The van der Waals surface area contributed by atoms with Crippen LogP contribution in [0.15, 0.2) is 164 Å². The first-order chi connectivity index (χ1) is 27.2. The Kier molecular flexibility index (Phi) is 4.00. The molecule has 48 heavy (non-hydrogen) atoms. The van der Waals surface area contributed by atoms with E-state index in [1.807, 2.05) is 42.5 Å². The highest BCUT2D eigenvalue weighted by atomic mass is 32.1. The minimum absolute atomic E-state index is 0.0338. The van der Waals surface area contributed by atoms with Crippen LogP contribution in [0.1, 0.15) is 11.0 Å². The summed E-state index contributed by atoms with van der Waals surface area (Å²) in [6.45, 7) is 0. The van der Waals surface area contributed by atoms with Crippen molar-refractivity contribution in [2.45, 2.75) is 0 Å². The summed E-state index contributed by atoms with van der Waals surface area (Å²) in [5, 5.41) is 5.69. The number of para-hydroxylation sites is 1. The van der Waals surface area contributed by atoms with Crippen LogP contribution in [0.25, 0.3) is 102 Å². The minimum Gasteiger partial charge on any atom is -0.309 e. The molecule has 2 heteroatoms. The number of rotatable bonds is 3. The van der Waals surface area contributed by atoms with E-state index < -0.39 is 0 Å². The van der Waals surface area contributed by atoms with E-state index in [0.29, 0.717) is 27.5 Å². The van der Waals surface area contributed by atoms with Gasteiger partial charge in [0.15, 0.2) is 0 Å². The third kappa shape index (κ3) is 3.61. The third-order valence-electron chi connectivity index (χ3n) is 9.63. The zero-order chi connectivity index (χ0) is 38.3. The lowest BCUT2D eigenvalue weighted by Crippen LogP contribution is -1.95. The quantitative estimate of drug-likeness (QED) is 0.171. The number of hydrogen-bond donors (Lipinski definition) is 0. The molecule has 222 valence electrons. The predicted molar refractivity (Wildman–Crippen MR) is 208 cm³/mol. The molecule has 11 aromatic rings. The van der Waals surface area contributed by atoms with Crippen molar-refractivity contribution in [3.8, 4) is 27.9 Å². The normalized spacial score (nSPS) is 14.5. The number of hydrogen-bond acceptors (Lipinski definition) is 1. The average molecular weight is 634 g/mol. The van der Waals surface area contributed by atoms with Gasteiger partial charge in [0, 0.05) is 36.6 Å². The van der Waals surface area contributed by atoms with Crippen molar-refractivity contribution >= 4 is 85.6 Å². The molecule has 0 amide bonds. The van der Waals surface area contributed by atoms with Crippen molar-refractivity contribution in [2.24, 2.45) is 0 Å². The monoisotopic (exact) mass is 633 g/mol. The molecule has 2 aromatic heterocycles. The molecule has 0 unspecified atom stereocenters. The van der Waals surface area contributed by atoms with Gasteiger partial charge in [0.05, 0.1) is 22.0 Å². The van der Waals surface area contributed by atoms with E-state index in [2.05, 4.69) is 53.1 Å². The molecule has 0 aliphatic heterocycles. The van der Waals surface area contributed by atoms with E-state index in [1.54, 1.807) is 35.6 Å². The molecule has 0 saturated heterocycles. The summed E-state index contributed by atoms with van der Waals surface area (Å²) in [6.07, 6.45) is 0. The second kappa shape index (κ2) is 9.78. The van der Waals surface area contributed by atoms with Crippen LogP contribution in [-0.2, 0) is 0 Å². The lowest BCUT2D eigenvalue weighted by molar-refractivity contribution is 1.18. The van der Waals surface area contributed by atoms with E-state index in [1.165, 1.54) is 20.2 Å². The van der Waals surface area contributed by atoms with Gasteiger partial charge in [-0.1, -0.05) is 127 Å². The first kappa shape index (κ1) is 19.6. The predicted octanol–water partition coefficient (Wildman–Crippen LogP) is 13.4. The van der Waals surface area contributed by atoms with E-state index in [-0.39, 0.29) is 75.4 Å². The summed E-state index contributed by atoms with van der Waals surface area (Å²) in [5.74, 6) is 0. The second-order valence-electron chi connectivity index (χ2n) is 12.2. The maximum atomic E-state index is 9.45. The first-order valence-corrected chi connectivity index (χ1v) is 16.7. The molecule has 0 atom stereocenters. The SMILES string of the molecule is [2H]c1c([2H])c2c([2H])c([2H])c3c(-c4cccc(-n5c6ccccc6c6cc7sc8ccccc8c7cc65)c4)c([2H])c([2H])c4c([2H])c([2H])c(c1-c1ccccc1)c2c43. The number of benzene rings is 9. The van der Waals surface area contributed by atoms with Gasteiger partial charge in [0.2, 0.25) is 0 Å². The summed E-state index contributed by atoms with van der Waals surface area (Å²) < 4.78 is 78.9. The Hall–Kier alpha value is -5.96. The van der Waals surface area contributed by atoms with Gasteiger partial charge in [-0.2, -0.15) is 0 Å². The van der Waals surface area contributed by atoms with E-state index in [9.17, 15) is 8.22 Å². The van der Waals surface area contributed by atoms with Crippen LogP contribution in [0.5, 0.6) is 0 Å². The van der Waals surface area contributed by atoms with Crippen molar-refractivity contribution in [2.75, 3.05) is 0 Å². The van der Waals surface area contributed by atoms with Crippen molar-refractivity contribution in [3.63, 3.8) is 0 Å². The zero-order valence-electron chi connectivity index (χ0n) is 33.3. The molecule has 0 radical (unpaired) electrons. The molecule has 9 aromatic carbocycles. The zero-order valence-corrected chi connectivity index (χ0v) is 26.1. The molecule has 2 heterocycles. The lowest BCUT2D eigenvalue weighted by Gasteiger charge is -2.17. The van der Waals surface area contributed by atoms with Crippen LogP contribution in [0.2, 0.25) is 0 Å². The molecule has 0 aliphatic carbocycles. The molecule has 0 spiro atoms. The topological polar surface area (TPSA) is 4.93 Å². The summed E-state index contributed by atoms with van der Waals surface area (Å²) in [6, 6.07) is 36.0. The van der Waals surface area contributed by atoms with Crippen LogP contribution in [0.4, 0.5) is 0 Å². The van der Waals surface area contributed by atoms with Gasteiger partial charge in [-0.3, -0.25) is 0 Å². The number of fused-ring (bicyclic) bond motifs is 6. The Morgan fingerprint density at radius 3 is 1.85 bits per heavy atom. The number of aromatic nitrogens is 1. The summed E-state index contributed by atoms with van der Waals surface area (Å²) in [5.41, 5.74) is 4.56. The highest BCUT2D eigenvalue weighted by molar-refractivity contribution is 7.25.